The fourth-order valence-electron chi connectivity index (χ4n) is 2.43. The third kappa shape index (κ3) is 2.85. The van der Waals surface area contributed by atoms with Crippen LogP contribution < -0.4 is 10.6 Å². The molecule has 2 heterocycles. The Bertz CT molecular complexity index is 674. The van der Waals surface area contributed by atoms with Crippen molar-refractivity contribution in [3.05, 3.63) is 42.1 Å². The molecule has 21 heavy (non-hydrogen) atoms. The molecule has 1 aromatic carbocycles. The number of aliphatic hydroxyl groups is 1. The number of amides is 1. The van der Waals surface area contributed by atoms with Gasteiger partial charge in [0.1, 0.15) is 5.82 Å². The van der Waals surface area contributed by atoms with E-state index in [1.807, 2.05) is 17.0 Å². The van der Waals surface area contributed by atoms with Gasteiger partial charge in [0.05, 0.1) is 6.10 Å². The Balaban J connectivity index is 1.92. The van der Waals surface area contributed by atoms with E-state index in [0.717, 1.165) is 24.3 Å². The van der Waals surface area contributed by atoms with Gasteiger partial charge in [0.25, 0.3) is 0 Å². The van der Waals surface area contributed by atoms with E-state index in [0.29, 0.717) is 17.9 Å². The molecule has 0 aliphatic carbocycles. The van der Waals surface area contributed by atoms with Crippen molar-refractivity contribution in [1.82, 2.24) is 9.97 Å². The average Bonchev–Trinajstić information content (AvgIpc) is 2.94. The molecule has 0 radical (unpaired) electrons. The molecular weight excluding hydrogens is 268 g/mol. The number of primary amides is 1. The number of carbonyl (C=O) groups is 1. The molecule has 1 aliphatic rings. The molecule has 1 amide bonds. The first-order chi connectivity index (χ1) is 10.1. The van der Waals surface area contributed by atoms with Crippen molar-refractivity contribution in [1.29, 1.82) is 0 Å². The summed E-state index contributed by atoms with van der Waals surface area (Å²) < 4.78 is 0. The van der Waals surface area contributed by atoms with Gasteiger partial charge in [-0.25, -0.2) is 9.97 Å². The smallest absolute Gasteiger partial charge is 0.248 e. The molecule has 108 valence electrons. The summed E-state index contributed by atoms with van der Waals surface area (Å²) in [7, 11) is 0. The third-order valence-corrected chi connectivity index (χ3v) is 3.53. The molecular formula is C15H16N4O2. The van der Waals surface area contributed by atoms with Crippen molar-refractivity contribution in [2.24, 2.45) is 5.73 Å². The summed E-state index contributed by atoms with van der Waals surface area (Å²) in [5.74, 6) is 0.841. The summed E-state index contributed by atoms with van der Waals surface area (Å²) in [4.78, 5) is 22.0. The zero-order valence-electron chi connectivity index (χ0n) is 11.4. The first-order valence-electron chi connectivity index (χ1n) is 6.80. The van der Waals surface area contributed by atoms with E-state index in [4.69, 9.17) is 5.73 Å². The number of β-amino-alcohol motifs (C(OH)–C–C–N with tert-alkyl or cyclic N) is 1. The highest BCUT2D eigenvalue weighted by Gasteiger charge is 2.21. The van der Waals surface area contributed by atoms with E-state index in [1.54, 1.807) is 24.4 Å². The predicted octanol–water partition coefficient (Wildman–Crippen LogP) is 0.813. The number of aliphatic hydroxyl groups excluding tert-OH is 1. The minimum atomic E-state index is -0.476. The molecule has 1 saturated heterocycles. The SMILES string of the molecule is NC(=O)c1cccc(-c2nccc(N3CC[C@H](O)C3)n2)c1. The second-order valence-electron chi connectivity index (χ2n) is 5.07. The van der Waals surface area contributed by atoms with Gasteiger partial charge in [-0.05, 0) is 24.6 Å². The van der Waals surface area contributed by atoms with Crippen LogP contribution in [0.1, 0.15) is 16.8 Å². The Hall–Kier alpha value is -2.47. The molecule has 0 bridgehead atoms. The Labute approximate surface area is 122 Å². The number of carbonyl (C=O) groups excluding carboxylic acids is 1. The Kier molecular flexibility index (Phi) is 3.53. The van der Waals surface area contributed by atoms with Gasteiger partial charge in [-0.15, -0.1) is 0 Å². The fraction of sp³-hybridized carbons (Fsp3) is 0.267. The lowest BCUT2D eigenvalue weighted by Crippen LogP contribution is -2.22. The Morgan fingerprint density at radius 2 is 2.24 bits per heavy atom. The standard InChI is InChI=1S/C15H16N4O2/c16-14(21)10-2-1-3-11(8-10)15-17-6-4-13(18-15)19-7-5-12(20)9-19/h1-4,6,8,12,20H,5,7,9H2,(H2,16,21)/t12-/m0/s1. The van der Waals surface area contributed by atoms with E-state index in [1.165, 1.54) is 0 Å². The van der Waals surface area contributed by atoms with Gasteiger partial charge in [0.15, 0.2) is 5.82 Å². The normalized spacial score (nSPS) is 18.0. The highest BCUT2D eigenvalue weighted by Crippen LogP contribution is 2.22. The lowest BCUT2D eigenvalue weighted by atomic mass is 10.1. The van der Waals surface area contributed by atoms with Crippen LogP contribution in [0.5, 0.6) is 0 Å². The Morgan fingerprint density at radius 3 is 2.95 bits per heavy atom. The summed E-state index contributed by atoms with van der Waals surface area (Å²) in [5, 5.41) is 9.61. The number of benzene rings is 1. The van der Waals surface area contributed by atoms with E-state index < -0.39 is 5.91 Å². The lowest BCUT2D eigenvalue weighted by Gasteiger charge is -2.16. The molecule has 3 rings (SSSR count). The molecule has 3 N–H and O–H groups in total. The number of rotatable bonds is 3. The zero-order chi connectivity index (χ0) is 14.8. The summed E-state index contributed by atoms with van der Waals surface area (Å²) in [6.07, 6.45) is 2.12. The molecule has 1 atom stereocenters. The molecule has 0 saturated carbocycles. The van der Waals surface area contributed by atoms with Crippen LogP contribution in [0, 0.1) is 0 Å². The van der Waals surface area contributed by atoms with Gasteiger partial charge in [-0.3, -0.25) is 4.79 Å². The van der Waals surface area contributed by atoms with Crippen molar-refractivity contribution in [2.45, 2.75) is 12.5 Å². The quantitative estimate of drug-likeness (QED) is 0.870. The summed E-state index contributed by atoms with van der Waals surface area (Å²) in [6, 6.07) is 8.75. The minimum absolute atomic E-state index is 0.304. The van der Waals surface area contributed by atoms with Crippen LogP contribution in [0.2, 0.25) is 0 Å². The van der Waals surface area contributed by atoms with Crippen molar-refractivity contribution in [3.8, 4) is 11.4 Å². The van der Waals surface area contributed by atoms with Gasteiger partial charge < -0.3 is 15.7 Å². The van der Waals surface area contributed by atoms with E-state index in [-0.39, 0.29) is 6.10 Å². The number of aromatic nitrogens is 2. The first kappa shape index (κ1) is 13.5. The molecule has 1 fully saturated rings. The second-order valence-corrected chi connectivity index (χ2v) is 5.07. The highest BCUT2D eigenvalue weighted by molar-refractivity contribution is 5.93. The molecule has 1 aliphatic heterocycles. The summed E-state index contributed by atoms with van der Waals surface area (Å²) >= 11 is 0. The largest absolute Gasteiger partial charge is 0.391 e. The molecule has 6 nitrogen and oxygen atoms in total. The first-order valence-corrected chi connectivity index (χ1v) is 6.80. The Morgan fingerprint density at radius 1 is 1.38 bits per heavy atom. The number of anilines is 1. The van der Waals surface area contributed by atoms with Crippen molar-refractivity contribution in [3.63, 3.8) is 0 Å². The van der Waals surface area contributed by atoms with Crippen LogP contribution in [-0.2, 0) is 0 Å². The van der Waals surface area contributed by atoms with Gasteiger partial charge >= 0.3 is 0 Å². The number of hydrogen-bond acceptors (Lipinski definition) is 5. The van der Waals surface area contributed by atoms with Crippen LogP contribution in [0.25, 0.3) is 11.4 Å². The van der Waals surface area contributed by atoms with Gasteiger partial charge in [0, 0.05) is 30.4 Å². The van der Waals surface area contributed by atoms with E-state index in [2.05, 4.69) is 9.97 Å². The highest BCUT2D eigenvalue weighted by atomic mass is 16.3. The average molecular weight is 284 g/mol. The maximum Gasteiger partial charge on any atom is 0.248 e. The topological polar surface area (TPSA) is 92.3 Å². The van der Waals surface area contributed by atoms with Gasteiger partial charge in [0.2, 0.25) is 5.91 Å². The van der Waals surface area contributed by atoms with Gasteiger partial charge in [-0.1, -0.05) is 12.1 Å². The number of hydrogen-bond donors (Lipinski definition) is 2. The zero-order valence-corrected chi connectivity index (χ0v) is 11.4. The molecule has 2 aromatic rings. The van der Waals surface area contributed by atoms with Crippen molar-refractivity contribution in [2.75, 3.05) is 18.0 Å². The monoisotopic (exact) mass is 284 g/mol. The molecule has 6 heteroatoms. The maximum absolute atomic E-state index is 11.2. The molecule has 0 spiro atoms. The fourth-order valence-corrected chi connectivity index (χ4v) is 2.43. The maximum atomic E-state index is 11.2. The van der Waals surface area contributed by atoms with Crippen LogP contribution in [-0.4, -0.2) is 40.2 Å². The van der Waals surface area contributed by atoms with Crippen molar-refractivity contribution < 1.29 is 9.90 Å². The van der Waals surface area contributed by atoms with Crippen LogP contribution in [0.4, 0.5) is 5.82 Å². The van der Waals surface area contributed by atoms with Gasteiger partial charge in [-0.2, -0.15) is 0 Å². The number of nitrogens with zero attached hydrogens (tertiary/aromatic N) is 3. The lowest BCUT2D eigenvalue weighted by molar-refractivity contribution is 0.100. The molecule has 1 aromatic heterocycles. The predicted molar refractivity (Wildman–Crippen MR) is 78.8 cm³/mol. The van der Waals surface area contributed by atoms with Crippen LogP contribution in [0.15, 0.2) is 36.5 Å². The second kappa shape index (κ2) is 5.49. The number of nitrogens with two attached hydrogens (primary N) is 1. The summed E-state index contributed by atoms with van der Waals surface area (Å²) in [5.41, 5.74) is 6.46. The van der Waals surface area contributed by atoms with Crippen LogP contribution in [0.3, 0.4) is 0 Å². The third-order valence-electron chi connectivity index (χ3n) is 3.53. The van der Waals surface area contributed by atoms with Crippen molar-refractivity contribution >= 4 is 11.7 Å². The molecule has 0 unspecified atom stereocenters. The van der Waals surface area contributed by atoms with E-state index in [9.17, 15) is 9.90 Å². The minimum Gasteiger partial charge on any atom is -0.391 e. The summed E-state index contributed by atoms with van der Waals surface area (Å²) in [6.45, 7) is 1.36. The van der Waals surface area contributed by atoms with Crippen LogP contribution >= 0.6 is 0 Å². The van der Waals surface area contributed by atoms with E-state index >= 15 is 0 Å².